The Morgan fingerprint density at radius 2 is 2.09 bits per heavy atom. The first kappa shape index (κ1) is 21.0. The van der Waals surface area contributed by atoms with E-state index in [0.29, 0.717) is 35.7 Å². The number of nitrogens with zero attached hydrogens (tertiary/aromatic N) is 1. The van der Waals surface area contributed by atoms with Crippen LogP contribution in [0.3, 0.4) is 0 Å². The lowest BCUT2D eigenvalue weighted by Gasteiger charge is -2.34. The standard InChI is InChI=1S/C23H23N5O5/c24-20-16-3-1-14(9-13(16)11-26-20)27-22(31)18(29)19-23(32)28(7-8-33-19)15-2-4-17-12(10-15)5-6-25-21(17)30/h1-4,9-11,18-19,26,29H,5-8,24H2,(H,25,30)(H,27,31)/t18-,19-/m1/s1. The average Bonchev–Trinajstić information content (AvgIpc) is 3.18. The van der Waals surface area contributed by atoms with E-state index in [0.717, 1.165) is 16.3 Å². The first-order valence-corrected chi connectivity index (χ1v) is 10.6. The summed E-state index contributed by atoms with van der Waals surface area (Å²) in [6.45, 7) is 0.974. The second-order valence-electron chi connectivity index (χ2n) is 8.07. The number of amides is 3. The van der Waals surface area contributed by atoms with Crippen LogP contribution >= 0.6 is 0 Å². The summed E-state index contributed by atoms with van der Waals surface area (Å²) in [5, 5.41) is 17.6. The maximum atomic E-state index is 13.1. The summed E-state index contributed by atoms with van der Waals surface area (Å²) in [4.78, 5) is 42.1. The third-order valence-electron chi connectivity index (χ3n) is 5.99. The van der Waals surface area contributed by atoms with Gasteiger partial charge < -0.3 is 36.1 Å². The molecule has 0 bridgehead atoms. The van der Waals surface area contributed by atoms with E-state index in [-0.39, 0.29) is 19.1 Å². The highest BCUT2D eigenvalue weighted by Gasteiger charge is 2.39. The lowest BCUT2D eigenvalue weighted by atomic mass is 9.99. The number of rotatable bonds is 4. The molecule has 0 saturated carbocycles. The maximum Gasteiger partial charge on any atom is 0.259 e. The quantitative estimate of drug-likeness (QED) is 0.397. The van der Waals surface area contributed by atoms with Gasteiger partial charge in [-0.1, -0.05) is 0 Å². The number of anilines is 3. The van der Waals surface area contributed by atoms with E-state index in [4.69, 9.17) is 10.5 Å². The minimum Gasteiger partial charge on any atom is -0.385 e. The predicted molar refractivity (Wildman–Crippen MR) is 122 cm³/mol. The second-order valence-corrected chi connectivity index (χ2v) is 8.07. The Morgan fingerprint density at radius 1 is 1.24 bits per heavy atom. The monoisotopic (exact) mass is 449 g/mol. The lowest BCUT2D eigenvalue weighted by molar-refractivity contribution is -0.150. The van der Waals surface area contributed by atoms with Crippen molar-refractivity contribution in [1.29, 1.82) is 0 Å². The Bertz CT molecular complexity index is 1270. The number of carbonyl (C=O) groups excluding carboxylic acids is 3. The largest absolute Gasteiger partial charge is 0.385 e. The van der Waals surface area contributed by atoms with E-state index in [1.54, 1.807) is 42.6 Å². The molecule has 3 heterocycles. The van der Waals surface area contributed by atoms with Gasteiger partial charge in [-0.15, -0.1) is 0 Å². The van der Waals surface area contributed by atoms with Crippen molar-refractivity contribution in [2.45, 2.75) is 18.6 Å². The van der Waals surface area contributed by atoms with E-state index in [1.807, 2.05) is 0 Å². The van der Waals surface area contributed by atoms with Crippen LogP contribution in [0.25, 0.3) is 10.8 Å². The van der Waals surface area contributed by atoms with Gasteiger partial charge in [0.1, 0.15) is 5.82 Å². The van der Waals surface area contributed by atoms with Crippen LogP contribution in [0.15, 0.2) is 42.6 Å². The summed E-state index contributed by atoms with van der Waals surface area (Å²) in [6.07, 6.45) is -0.663. The number of aromatic amines is 1. The molecule has 2 aliphatic heterocycles. The van der Waals surface area contributed by atoms with E-state index in [9.17, 15) is 19.5 Å². The maximum absolute atomic E-state index is 13.1. The molecule has 2 aromatic carbocycles. The molecule has 1 saturated heterocycles. The highest BCUT2D eigenvalue weighted by atomic mass is 16.5. The Hall–Kier alpha value is -3.89. The van der Waals surface area contributed by atoms with Crippen molar-refractivity contribution in [1.82, 2.24) is 10.3 Å². The van der Waals surface area contributed by atoms with Crippen molar-refractivity contribution in [3.05, 3.63) is 53.7 Å². The molecule has 0 unspecified atom stereocenters. The molecule has 0 radical (unpaired) electrons. The van der Waals surface area contributed by atoms with Crippen molar-refractivity contribution < 1.29 is 24.2 Å². The number of ether oxygens (including phenoxy) is 1. The van der Waals surface area contributed by atoms with Crippen molar-refractivity contribution in [2.75, 3.05) is 35.6 Å². The Balaban J connectivity index is 1.31. The van der Waals surface area contributed by atoms with Gasteiger partial charge in [0.2, 0.25) is 0 Å². The van der Waals surface area contributed by atoms with Gasteiger partial charge >= 0.3 is 0 Å². The molecule has 1 fully saturated rings. The SMILES string of the molecule is Nc1[nH]cc2cc(NC(=O)[C@H](O)[C@H]3OCCN(c4ccc5c(c4)CCNC5=O)C3=O)ccc12. The van der Waals surface area contributed by atoms with Gasteiger partial charge in [-0.25, -0.2) is 0 Å². The van der Waals surface area contributed by atoms with Crippen LogP contribution < -0.4 is 21.3 Å². The lowest BCUT2D eigenvalue weighted by Crippen LogP contribution is -2.55. The first-order chi connectivity index (χ1) is 15.9. The molecule has 10 heteroatoms. The number of nitrogens with one attached hydrogen (secondary N) is 3. The molecule has 3 amide bonds. The number of H-pyrrole nitrogens is 1. The third kappa shape index (κ3) is 3.79. The zero-order valence-electron chi connectivity index (χ0n) is 17.6. The number of nitrogen functional groups attached to an aromatic ring is 1. The van der Waals surface area contributed by atoms with Gasteiger partial charge in [0.25, 0.3) is 17.7 Å². The molecule has 1 aromatic heterocycles. The van der Waals surface area contributed by atoms with E-state index >= 15 is 0 Å². The van der Waals surface area contributed by atoms with Gasteiger partial charge in [0.15, 0.2) is 12.2 Å². The van der Waals surface area contributed by atoms with Crippen molar-refractivity contribution in [2.24, 2.45) is 0 Å². The molecule has 33 heavy (non-hydrogen) atoms. The normalized spacial score (nSPS) is 19.2. The molecule has 2 aliphatic rings. The predicted octanol–water partition coefficient (Wildman–Crippen LogP) is 0.767. The number of hydrogen-bond donors (Lipinski definition) is 5. The molecule has 2 atom stereocenters. The fourth-order valence-corrected chi connectivity index (χ4v) is 4.26. The average molecular weight is 449 g/mol. The molecule has 5 rings (SSSR count). The second kappa shape index (κ2) is 8.23. The molecule has 0 spiro atoms. The number of morpholine rings is 1. The molecule has 0 aliphatic carbocycles. The minimum atomic E-state index is -1.70. The highest BCUT2D eigenvalue weighted by molar-refractivity contribution is 6.05. The van der Waals surface area contributed by atoms with Crippen LogP contribution in [0.2, 0.25) is 0 Å². The van der Waals surface area contributed by atoms with Crippen LogP contribution in [0, 0.1) is 0 Å². The zero-order chi connectivity index (χ0) is 23.1. The number of carbonyl (C=O) groups is 3. The molecule has 10 nitrogen and oxygen atoms in total. The molecule has 170 valence electrons. The minimum absolute atomic E-state index is 0.137. The molecular formula is C23H23N5O5. The smallest absolute Gasteiger partial charge is 0.259 e. The number of aromatic nitrogens is 1. The van der Waals surface area contributed by atoms with Crippen LogP contribution in [0.4, 0.5) is 17.2 Å². The third-order valence-corrected chi connectivity index (χ3v) is 5.99. The first-order valence-electron chi connectivity index (χ1n) is 10.6. The molecule has 3 aromatic rings. The van der Waals surface area contributed by atoms with Gasteiger partial charge in [0, 0.05) is 47.0 Å². The number of aliphatic hydroxyl groups is 1. The van der Waals surface area contributed by atoms with Crippen molar-refractivity contribution >= 4 is 45.7 Å². The van der Waals surface area contributed by atoms with Crippen LogP contribution in [-0.4, -0.2) is 59.7 Å². The summed E-state index contributed by atoms with van der Waals surface area (Å²) in [6, 6.07) is 10.3. The van der Waals surface area contributed by atoms with Gasteiger partial charge in [-0.3, -0.25) is 14.4 Å². The van der Waals surface area contributed by atoms with Gasteiger partial charge in [-0.05, 0) is 48.4 Å². The van der Waals surface area contributed by atoms with E-state index in [1.165, 1.54) is 4.90 Å². The number of hydrogen-bond acceptors (Lipinski definition) is 6. The van der Waals surface area contributed by atoms with E-state index < -0.39 is 24.0 Å². The van der Waals surface area contributed by atoms with Gasteiger partial charge in [0.05, 0.1) is 6.61 Å². The summed E-state index contributed by atoms with van der Waals surface area (Å²) in [5.41, 5.74) is 8.33. The summed E-state index contributed by atoms with van der Waals surface area (Å²) >= 11 is 0. The summed E-state index contributed by atoms with van der Waals surface area (Å²) in [7, 11) is 0. The Kier molecular flexibility index (Phi) is 5.23. The number of fused-ring (bicyclic) bond motifs is 2. The Morgan fingerprint density at radius 3 is 2.94 bits per heavy atom. The summed E-state index contributed by atoms with van der Waals surface area (Å²) < 4.78 is 5.48. The van der Waals surface area contributed by atoms with Crippen molar-refractivity contribution in [3.63, 3.8) is 0 Å². The van der Waals surface area contributed by atoms with Crippen molar-refractivity contribution in [3.8, 4) is 0 Å². The molecular weight excluding hydrogens is 426 g/mol. The summed E-state index contributed by atoms with van der Waals surface area (Å²) in [5.74, 6) is -0.883. The fraction of sp³-hybridized carbons (Fsp3) is 0.261. The van der Waals surface area contributed by atoms with E-state index in [2.05, 4.69) is 15.6 Å². The molecule has 6 N–H and O–H groups in total. The number of aliphatic hydroxyl groups excluding tert-OH is 1. The number of nitrogens with two attached hydrogens (primary N) is 1. The van der Waals surface area contributed by atoms with Crippen LogP contribution in [-0.2, 0) is 20.7 Å². The highest BCUT2D eigenvalue weighted by Crippen LogP contribution is 2.26. The topological polar surface area (TPSA) is 150 Å². The zero-order valence-corrected chi connectivity index (χ0v) is 17.6. The van der Waals surface area contributed by atoms with Crippen LogP contribution in [0.5, 0.6) is 0 Å². The fourth-order valence-electron chi connectivity index (χ4n) is 4.26. The Labute approximate surface area is 188 Å². The van der Waals surface area contributed by atoms with Gasteiger partial charge in [-0.2, -0.15) is 0 Å². The van der Waals surface area contributed by atoms with Crippen LogP contribution in [0.1, 0.15) is 15.9 Å². The number of benzene rings is 2.